The van der Waals surface area contributed by atoms with E-state index >= 15 is 0 Å². The second-order valence-corrected chi connectivity index (χ2v) is 6.12. The molecule has 0 aliphatic heterocycles. The molecule has 0 fully saturated rings. The average Bonchev–Trinajstić information content (AvgIpc) is 2.88. The largest absolute Gasteiger partial charge is 0.350 e. The van der Waals surface area contributed by atoms with Crippen LogP contribution in [-0.4, -0.2) is 34.8 Å². The highest BCUT2D eigenvalue weighted by atomic mass is 79.9. The Bertz CT molecular complexity index is 642. The maximum absolute atomic E-state index is 12.3. The number of hydrogen-bond acceptors (Lipinski definition) is 3. The summed E-state index contributed by atoms with van der Waals surface area (Å²) in [6, 6.07) is 8.07. The first-order valence-corrected chi connectivity index (χ1v) is 8.14. The molecule has 0 aliphatic carbocycles. The van der Waals surface area contributed by atoms with E-state index in [1.807, 2.05) is 45.0 Å². The van der Waals surface area contributed by atoms with Gasteiger partial charge in [0.05, 0.1) is 23.1 Å². The number of aromatic nitrogens is 2. The molecule has 0 aliphatic rings. The lowest BCUT2D eigenvalue weighted by Crippen LogP contribution is -2.38. The molecule has 1 amide bonds. The van der Waals surface area contributed by atoms with Gasteiger partial charge in [-0.05, 0) is 44.7 Å². The van der Waals surface area contributed by atoms with Gasteiger partial charge in [-0.1, -0.05) is 22.9 Å². The van der Waals surface area contributed by atoms with E-state index in [-0.39, 0.29) is 24.4 Å². The lowest BCUT2D eigenvalue weighted by Gasteiger charge is -2.13. The zero-order valence-electron chi connectivity index (χ0n) is 13.5. The van der Waals surface area contributed by atoms with Gasteiger partial charge in [-0.15, -0.1) is 12.4 Å². The molecular formula is C16H22BrClN4O. The number of carbonyl (C=O) groups is 1. The van der Waals surface area contributed by atoms with Gasteiger partial charge < -0.3 is 10.6 Å². The third-order valence-electron chi connectivity index (χ3n) is 3.45. The Morgan fingerprint density at radius 3 is 2.61 bits per heavy atom. The lowest BCUT2D eigenvalue weighted by molar-refractivity contribution is 0.0949. The molecule has 2 rings (SSSR count). The molecule has 1 aromatic carbocycles. The number of amides is 1. The van der Waals surface area contributed by atoms with Gasteiger partial charge in [0.15, 0.2) is 0 Å². The molecule has 0 radical (unpaired) electrons. The van der Waals surface area contributed by atoms with E-state index in [1.165, 1.54) is 0 Å². The Hall–Kier alpha value is -1.37. The number of halogens is 2. The highest BCUT2D eigenvalue weighted by molar-refractivity contribution is 9.10. The smallest absolute Gasteiger partial charge is 0.254 e. The minimum atomic E-state index is -0.0920. The molecule has 23 heavy (non-hydrogen) atoms. The van der Waals surface area contributed by atoms with E-state index in [1.54, 1.807) is 10.9 Å². The van der Waals surface area contributed by atoms with Crippen LogP contribution in [0.15, 0.2) is 34.9 Å². The first-order valence-electron chi connectivity index (χ1n) is 7.35. The van der Waals surface area contributed by atoms with Crippen molar-refractivity contribution in [3.63, 3.8) is 0 Å². The molecule has 0 bridgehead atoms. The van der Waals surface area contributed by atoms with Crippen LogP contribution in [0.1, 0.15) is 29.9 Å². The number of hydrogen-bond donors (Lipinski definition) is 2. The van der Waals surface area contributed by atoms with Gasteiger partial charge in [0, 0.05) is 17.1 Å². The number of nitrogens with one attached hydrogen (secondary N) is 2. The number of carbonyl (C=O) groups excluding carboxylic acids is 1. The molecular weight excluding hydrogens is 380 g/mol. The first-order chi connectivity index (χ1) is 10.5. The average molecular weight is 402 g/mol. The quantitative estimate of drug-likeness (QED) is 0.782. The Morgan fingerprint density at radius 2 is 2.00 bits per heavy atom. The van der Waals surface area contributed by atoms with Crippen LogP contribution in [0, 0.1) is 6.92 Å². The van der Waals surface area contributed by atoms with Gasteiger partial charge >= 0.3 is 0 Å². The summed E-state index contributed by atoms with van der Waals surface area (Å²) in [6.45, 7) is 7.47. The minimum absolute atomic E-state index is 0. The standard InChI is InChI=1S/C16H21BrN4O.ClH/c1-4-18-11(2)9-19-16(22)15-10-20-21(12(15)3)14-7-5-13(17)6-8-14;/h5-8,10-11,18H,4,9H2,1-3H3,(H,19,22);1H/t11-;/m1./s1. The molecule has 1 heterocycles. The maximum atomic E-state index is 12.3. The predicted molar refractivity (Wildman–Crippen MR) is 98.7 cm³/mol. The van der Waals surface area contributed by atoms with Crippen LogP contribution >= 0.6 is 28.3 Å². The summed E-state index contributed by atoms with van der Waals surface area (Å²) < 4.78 is 2.78. The normalized spacial score (nSPS) is 11.7. The molecule has 1 aromatic heterocycles. The van der Waals surface area contributed by atoms with Crippen LogP contribution in [0.5, 0.6) is 0 Å². The number of rotatable bonds is 6. The monoisotopic (exact) mass is 400 g/mol. The lowest BCUT2D eigenvalue weighted by atomic mass is 10.2. The van der Waals surface area contributed by atoms with Crippen LogP contribution in [0.2, 0.25) is 0 Å². The summed E-state index contributed by atoms with van der Waals surface area (Å²) in [5, 5.41) is 10.5. The van der Waals surface area contributed by atoms with Crippen molar-refractivity contribution in [2.45, 2.75) is 26.8 Å². The van der Waals surface area contributed by atoms with Crippen LogP contribution < -0.4 is 10.6 Å². The molecule has 0 saturated heterocycles. The van der Waals surface area contributed by atoms with E-state index in [2.05, 4.69) is 31.7 Å². The van der Waals surface area contributed by atoms with Crippen molar-refractivity contribution in [2.24, 2.45) is 0 Å². The van der Waals surface area contributed by atoms with Gasteiger partial charge in [-0.3, -0.25) is 4.79 Å². The molecule has 0 saturated carbocycles. The molecule has 7 heteroatoms. The van der Waals surface area contributed by atoms with Gasteiger partial charge in [-0.2, -0.15) is 5.10 Å². The fraction of sp³-hybridized carbons (Fsp3) is 0.375. The van der Waals surface area contributed by atoms with Crippen molar-refractivity contribution in [1.29, 1.82) is 0 Å². The summed E-state index contributed by atoms with van der Waals surface area (Å²) in [6.07, 6.45) is 1.62. The third-order valence-corrected chi connectivity index (χ3v) is 3.98. The number of nitrogens with zero attached hydrogens (tertiary/aromatic N) is 2. The molecule has 0 spiro atoms. The fourth-order valence-corrected chi connectivity index (χ4v) is 2.50. The van der Waals surface area contributed by atoms with Crippen LogP contribution in [0.25, 0.3) is 5.69 Å². The van der Waals surface area contributed by atoms with Crippen molar-refractivity contribution in [3.8, 4) is 5.69 Å². The fourth-order valence-electron chi connectivity index (χ4n) is 2.24. The Balaban J connectivity index is 0.00000264. The molecule has 2 N–H and O–H groups in total. The Kier molecular flexibility index (Phi) is 7.75. The van der Waals surface area contributed by atoms with Crippen LogP contribution in [0.3, 0.4) is 0 Å². The van der Waals surface area contributed by atoms with Gasteiger partial charge in [0.25, 0.3) is 5.91 Å². The van der Waals surface area contributed by atoms with Crippen LogP contribution in [-0.2, 0) is 0 Å². The van der Waals surface area contributed by atoms with Crippen molar-refractivity contribution in [3.05, 3.63) is 46.2 Å². The third kappa shape index (κ3) is 5.06. The van der Waals surface area contributed by atoms with E-state index in [4.69, 9.17) is 0 Å². The van der Waals surface area contributed by atoms with E-state index in [9.17, 15) is 4.79 Å². The maximum Gasteiger partial charge on any atom is 0.254 e. The van der Waals surface area contributed by atoms with E-state index in [0.717, 1.165) is 22.4 Å². The Labute approximate surface area is 151 Å². The molecule has 5 nitrogen and oxygen atoms in total. The minimum Gasteiger partial charge on any atom is -0.350 e. The van der Waals surface area contributed by atoms with Gasteiger partial charge in [0.2, 0.25) is 0 Å². The molecule has 1 atom stereocenters. The first kappa shape index (κ1) is 19.7. The molecule has 2 aromatic rings. The Morgan fingerprint density at radius 1 is 1.35 bits per heavy atom. The molecule has 0 unspecified atom stereocenters. The van der Waals surface area contributed by atoms with E-state index < -0.39 is 0 Å². The second-order valence-electron chi connectivity index (χ2n) is 5.20. The van der Waals surface area contributed by atoms with Crippen molar-refractivity contribution in [1.82, 2.24) is 20.4 Å². The highest BCUT2D eigenvalue weighted by Gasteiger charge is 2.15. The van der Waals surface area contributed by atoms with Gasteiger partial charge in [0.1, 0.15) is 0 Å². The SMILES string of the molecule is CCN[C@H](C)CNC(=O)c1cnn(-c2ccc(Br)cc2)c1C.Cl. The summed E-state index contributed by atoms with van der Waals surface area (Å²) in [7, 11) is 0. The zero-order valence-corrected chi connectivity index (χ0v) is 15.9. The number of likely N-dealkylation sites (N-methyl/N-ethyl adjacent to an activating group) is 1. The van der Waals surface area contributed by atoms with E-state index in [0.29, 0.717) is 12.1 Å². The number of benzene rings is 1. The van der Waals surface area contributed by atoms with Gasteiger partial charge in [-0.25, -0.2) is 4.68 Å². The van der Waals surface area contributed by atoms with Crippen LogP contribution in [0.4, 0.5) is 0 Å². The predicted octanol–water partition coefficient (Wildman–Crippen LogP) is 3.09. The van der Waals surface area contributed by atoms with Crippen molar-refractivity contribution < 1.29 is 4.79 Å². The summed E-state index contributed by atoms with van der Waals surface area (Å²) in [5.74, 6) is -0.0920. The topological polar surface area (TPSA) is 58.9 Å². The molecule has 126 valence electrons. The van der Waals surface area contributed by atoms with Crippen molar-refractivity contribution in [2.75, 3.05) is 13.1 Å². The summed E-state index contributed by atoms with van der Waals surface area (Å²) >= 11 is 3.41. The summed E-state index contributed by atoms with van der Waals surface area (Å²) in [4.78, 5) is 12.3. The highest BCUT2D eigenvalue weighted by Crippen LogP contribution is 2.17. The second kappa shape index (κ2) is 9.05. The van der Waals surface area contributed by atoms with Crippen molar-refractivity contribution >= 4 is 34.2 Å². The summed E-state index contributed by atoms with van der Waals surface area (Å²) in [5.41, 5.74) is 2.36. The zero-order chi connectivity index (χ0) is 16.1.